The fourth-order valence-corrected chi connectivity index (χ4v) is 3.04. The van der Waals surface area contributed by atoms with Gasteiger partial charge >= 0.3 is 5.76 Å². The molecule has 90 valence electrons. The molecule has 0 saturated heterocycles. The van der Waals surface area contributed by atoms with Gasteiger partial charge in [-0.2, -0.15) is 0 Å². The van der Waals surface area contributed by atoms with E-state index in [9.17, 15) is 4.79 Å². The van der Waals surface area contributed by atoms with Gasteiger partial charge in [0.25, 0.3) is 0 Å². The highest BCUT2D eigenvalue weighted by Gasteiger charge is 2.24. The van der Waals surface area contributed by atoms with Crippen LogP contribution in [-0.4, -0.2) is 4.98 Å². The molecule has 0 aliphatic heterocycles. The lowest BCUT2D eigenvalue weighted by atomic mass is 9.97. The van der Waals surface area contributed by atoms with E-state index in [1.165, 1.54) is 25.7 Å². The molecule has 1 fully saturated rings. The molecule has 2 aromatic rings. The first-order chi connectivity index (χ1) is 8.24. The van der Waals surface area contributed by atoms with Crippen LogP contribution in [0.1, 0.15) is 36.6 Å². The van der Waals surface area contributed by atoms with Crippen molar-refractivity contribution in [2.45, 2.75) is 31.1 Å². The molecule has 1 aliphatic carbocycles. The van der Waals surface area contributed by atoms with Crippen LogP contribution in [0.2, 0.25) is 0 Å². The van der Waals surface area contributed by atoms with E-state index in [-0.39, 0.29) is 5.38 Å². The zero-order chi connectivity index (χ0) is 11.8. The second-order valence-electron chi connectivity index (χ2n) is 4.72. The molecule has 1 saturated carbocycles. The highest BCUT2D eigenvalue weighted by molar-refractivity contribution is 6.21. The van der Waals surface area contributed by atoms with Gasteiger partial charge in [-0.1, -0.05) is 18.9 Å². The van der Waals surface area contributed by atoms with Crippen molar-refractivity contribution in [1.82, 2.24) is 4.98 Å². The fraction of sp³-hybridized carbons (Fsp3) is 0.462. The van der Waals surface area contributed by atoms with Gasteiger partial charge in [-0.05, 0) is 36.5 Å². The van der Waals surface area contributed by atoms with E-state index in [0.29, 0.717) is 11.5 Å². The molecule has 17 heavy (non-hydrogen) atoms. The molecule has 0 bridgehead atoms. The highest BCUT2D eigenvalue weighted by atomic mass is 35.5. The van der Waals surface area contributed by atoms with Gasteiger partial charge in [0.2, 0.25) is 0 Å². The van der Waals surface area contributed by atoms with Gasteiger partial charge in [0.15, 0.2) is 5.58 Å². The Bertz CT molecular complexity index is 580. The van der Waals surface area contributed by atoms with Crippen molar-refractivity contribution in [3.8, 4) is 0 Å². The first-order valence-corrected chi connectivity index (χ1v) is 6.44. The van der Waals surface area contributed by atoms with Gasteiger partial charge in [-0.3, -0.25) is 4.98 Å². The summed E-state index contributed by atoms with van der Waals surface area (Å²) >= 11 is 6.49. The highest BCUT2D eigenvalue weighted by Crippen LogP contribution is 2.40. The van der Waals surface area contributed by atoms with Crippen molar-refractivity contribution in [3.63, 3.8) is 0 Å². The fourth-order valence-electron chi connectivity index (χ4n) is 2.66. The third-order valence-corrected chi connectivity index (χ3v) is 4.19. The zero-order valence-electron chi connectivity index (χ0n) is 9.41. The Hall–Kier alpha value is -1.22. The standard InChI is InChI=1S/C13H14ClNO2/c14-12(8-3-1-2-4-8)9-5-6-10-11(7-9)17-13(16)15-10/h5-8,12H,1-4H2,(H,15,16). The number of aromatic nitrogens is 1. The van der Waals surface area contributed by atoms with Crippen LogP contribution >= 0.6 is 11.6 Å². The topological polar surface area (TPSA) is 46.0 Å². The molecule has 1 aromatic carbocycles. The van der Waals surface area contributed by atoms with Crippen molar-refractivity contribution in [2.75, 3.05) is 0 Å². The van der Waals surface area contributed by atoms with Crippen molar-refractivity contribution in [1.29, 1.82) is 0 Å². The molecule has 1 atom stereocenters. The molecule has 0 amide bonds. The Balaban J connectivity index is 1.96. The third-order valence-electron chi connectivity index (χ3n) is 3.58. The molecular formula is C13H14ClNO2. The summed E-state index contributed by atoms with van der Waals surface area (Å²) in [4.78, 5) is 13.7. The molecule has 4 heteroatoms. The maximum atomic E-state index is 11.1. The Kier molecular flexibility index (Phi) is 2.71. The number of aromatic amines is 1. The number of H-pyrrole nitrogens is 1. The van der Waals surface area contributed by atoms with Gasteiger partial charge < -0.3 is 4.42 Å². The summed E-state index contributed by atoms with van der Waals surface area (Å²) < 4.78 is 5.05. The second kappa shape index (κ2) is 4.22. The average molecular weight is 252 g/mol. The molecule has 0 spiro atoms. The van der Waals surface area contributed by atoms with Crippen LogP contribution in [0.15, 0.2) is 27.4 Å². The monoisotopic (exact) mass is 251 g/mol. The first-order valence-electron chi connectivity index (χ1n) is 6.01. The zero-order valence-corrected chi connectivity index (χ0v) is 10.2. The summed E-state index contributed by atoms with van der Waals surface area (Å²) in [7, 11) is 0. The molecule has 3 nitrogen and oxygen atoms in total. The molecule has 1 unspecified atom stereocenters. The minimum absolute atomic E-state index is 0.0297. The molecule has 1 aliphatic rings. The number of rotatable bonds is 2. The number of nitrogens with one attached hydrogen (secondary N) is 1. The lowest BCUT2D eigenvalue weighted by Gasteiger charge is -2.16. The molecule has 1 aromatic heterocycles. The predicted octanol–water partition coefficient (Wildman–Crippen LogP) is 3.59. The van der Waals surface area contributed by atoms with E-state index >= 15 is 0 Å². The van der Waals surface area contributed by atoms with Crippen molar-refractivity contribution in [2.24, 2.45) is 5.92 Å². The van der Waals surface area contributed by atoms with E-state index in [1.54, 1.807) is 0 Å². The average Bonchev–Trinajstić information content (AvgIpc) is 2.94. The minimum Gasteiger partial charge on any atom is -0.408 e. The molecular weight excluding hydrogens is 238 g/mol. The lowest BCUT2D eigenvalue weighted by Crippen LogP contribution is -2.03. The van der Waals surface area contributed by atoms with Crippen LogP contribution in [-0.2, 0) is 0 Å². The van der Waals surface area contributed by atoms with Crippen LogP contribution < -0.4 is 5.76 Å². The summed E-state index contributed by atoms with van der Waals surface area (Å²) in [6, 6.07) is 5.72. The summed E-state index contributed by atoms with van der Waals surface area (Å²) in [6.07, 6.45) is 4.94. The number of hydrogen-bond donors (Lipinski definition) is 1. The van der Waals surface area contributed by atoms with Gasteiger partial charge in [-0.25, -0.2) is 4.79 Å². The maximum Gasteiger partial charge on any atom is 0.417 e. The second-order valence-corrected chi connectivity index (χ2v) is 5.19. The quantitative estimate of drug-likeness (QED) is 0.829. The van der Waals surface area contributed by atoms with Gasteiger partial charge in [0, 0.05) is 0 Å². The van der Waals surface area contributed by atoms with Gasteiger partial charge in [0.05, 0.1) is 10.9 Å². The van der Waals surface area contributed by atoms with Crippen LogP contribution in [0.4, 0.5) is 0 Å². The first kappa shape index (κ1) is 10.9. The smallest absolute Gasteiger partial charge is 0.408 e. The van der Waals surface area contributed by atoms with Gasteiger partial charge in [0.1, 0.15) is 0 Å². The molecule has 3 rings (SSSR count). The van der Waals surface area contributed by atoms with Crippen LogP contribution in [0.25, 0.3) is 11.1 Å². The SMILES string of the molecule is O=c1[nH]c2ccc(C(Cl)C3CCCC3)cc2o1. The van der Waals surface area contributed by atoms with Crippen molar-refractivity contribution in [3.05, 3.63) is 34.3 Å². The Morgan fingerprint density at radius 3 is 2.88 bits per heavy atom. The largest absolute Gasteiger partial charge is 0.417 e. The normalized spacial score (nSPS) is 18.9. The summed E-state index contributed by atoms with van der Waals surface area (Å²) in [5.41, 5.74) is 2.37. The summed E-state index contributed by atoms with van der Waals surface area (Å²) in [5.74, 6) is 0.143. The lowest BCUT2D eigenvalue weighted by molar-refractivity contribution is 0.526. The van der Waals surface area contributed by atoms with Gasteiger partial charge in [-0.15, -0.1) is 11.6 Å². The Labute approximate surface area is 104 Å². The minimum atomic E-state index is -0.413. The van der Waals surface area contributed by atoms with Crippen LogP contribution in [0.3, 0.4) is 0 Å². The van der Waals surface area contributed by atoms with E-state index in [0.717, 1.165) is 11.1 Å². The number of benzene rings is 1. The maximum absolute atomic E-state index is 11.1. The molecule has 0 radical (unpaired) electrons. The number of fused-ring (bicyclic) bond motifs is 1. The molecule has 1 N–H and O–H groups in total. The summed E-state index contributed by atoms with van der Waals surface area (Å²) in [6.45, 7) is 0. The number of oxazole rings is 1. The van der Waals surface area contributed by atoms with Crippen LogP contribution in [0.5, 0.6) is 0 Å². The van der Waals surface area contributed by atoms with E-state index in [4.69, 9.17) is 16.0 Å². The van der Waals surface area contributed by atoms with E-state index in [2.05, 4.69) is 4.98 Å². The van der Waals surface area contributed by atoms with Crippen LogP contribution in [0, 0.1) is 5.92 Å². The van der Waals surface area contributed by atoms with Crippen molar-refractivity contribution < 1.29 is 4.42 Å². The summed E-state index contributed by atoms with van der Waals surface area (Å²) in [5, 5.41) is 0.0297. The Morgan fingerprint density at radius 1 is 1.35 bits per heavy atom. The number of alkyl halides is 1. The van der Waals surface area contributed by atoms with Crippen molar-refractivity contribution >= 4 is 22.7 Å². The van der Waals surface area contributed by atoms with E-state index in [1.807, 2.05) is 18.2 Å². The number of halogens is 1. The Morgan fingerprint density at radius 2 is 2.12 bits per heavy atom. The molecule has 1 heterocycles. The third kappa shape index (κ3) is 2.00. The number of hydrogen-bond acceptors (Lipinski definition) is 2. The predicted molar refractivity (Wildman–Crippen MR) is 67.4 cm³/mol. The van der Waals surface area contributed by atoms with E-state index < -0.39 is 5.76 Å².